The Labute approximate surface area is 201 Å². The second kappa shape index (κ2) is 8.12. The average molecular weight is 499 g/mol. The predicted molar refractivity (Wildman–Crippen MR) is 117 cm³/mol. The third kappa shape index (κ3) is 3.73. The summed E-state index contributed by atoms with van der Waals surface area (Å²) in [6.07, 6.45) is 0. The van der Waals surface area contributed by atoms with Crippen LogP contribution in [0, 0.1) is 0 Å². The summed E-state index contributed by atoms with van der Waals surface area (Å²) in [5.41, 5.74) is 7.38. The van der Waals surface area contributed by atoms with Gasteiger partial charge >= 0.3 is 178 Å². The van der Waals surface area contributed by atoms with Gasteiger partial charge in [0.25, 0.3) is 0 Å². The van der Waals surface area contributed by atoms with Crippen LogP contribution in [0.1, 0.15) is 36.1 Å². The number of benzene rings is 2. The zero-order chi connectivity index (χ0) is 19.8. The minimum atomic E-state index is -1.66. The van der Waals surface area contributed by atoms with Crippen LogP contribution in [0.15, 0.2) is 30.3 Å². The van der Waals surface area contributed by atoms with Crippen LogP contribution in [-0.2, 0) is 20.4 Å². The number of aliphatic hydroxyl groups excluding tert-OH is 1. The molecule has 0 saturated heterocycles. The Morgan fingerprint density at radius 1 is 1.10 bits per heavy atom. The van der Waals surface area contributed by atoms with Crippen molar-refractivity contribution in [1.82, 2.24) is 0 Å². The number of halogens is 2. The molecule has 0 saturated carbocycles. The summed E-state index contributed by atoms with van der Waals surface area (Å²) in [5, 5.41) is 17.0. The number of anilines is 1. The van der Waals surface area contributed by atoms with Crippen molar-refractivity contribution >= 4 is 31.2 Å². The molecule has 2 aromatic rings. The fourth-order valence-electron chi connectivity index (χ4n) is 4.99. The van der Waals surface area contributed by atoms with E-state index in [1.54, 1.807) is 15.9 Å². The molecule has 2 aromatic carbocycles. The van der Waals surface area contributed by atoms with E-state index < -0.39 is 15.2 Å². The number of nitrogens with one attached hydrogen (secondary N) is 1. The van der Waals surface area contributed by atoms with Crippen LogP contribution < -0.4 is 40.5 Å². The molecule has 2 atom stereocenters. The maximum atomic E-state index is 9.76. The smallest absolute Gasteiger partial charge is 1.00 e. The molecule has 2 unspecified atom stereocenters. The first-order valence-corrected chi connectivity index (χ1v) is 17.5. The van der Waals surface area contributed by atoms with Gasteiger partial charge < -0.3 is 24.8 Å². The van der Waals surface area contributed by atoms with Crippen LogP contribution in [0.25, 0.3) is 11.1 Å². The molecule has 0 amide bonds. The molecule has 0 spiro atoms. The van der Waals surface area contributed by atoms with Gasteiger partial charge in [0.2, 0.25) is 0 Å². The minimum Gasteiger partial charge on any atom is -1.00 e. The second-order valence-corrected chi connectivity index (χ2v) is 25.5. The van der Waals surface area contributed by atoms with Crippen molar-refractivity contribution in [2.45, 2.75) is 56.2 Å². The average Bonchev–Trinajstić information content (AvgIpc) is 3.12. The standard InChI is InChI=1S/C22H30NOSi2.2ClH.Ti/c1-22(2,3)23-19-14-17-16-10-8-7-9-15(16)13-18(17)20-21(19)26(20,6)25(4,5)12-11-24;;;/h7-10,13-14,23-24H,11-12H2,1-6H3;2*1H;/q;;;+2/p-2. The molecule has 155 valence electrons. The Hall–Kier alpha value is -0.0719. The van der Waals surface area contributed by atoms with Gasteiger partial charge in [-0.1, -0.05) is 0 Å². The van der Waals surface area contributed by atoms with Crippen LogP contribution in [0.3, 0.4) is 0 Å². The predicted octanol–water partition coefficient (Wildman–Crippen LogP) is -2.19. The van der Waals surface area contributed by atoms with E-state index in [0.717, 1.165) is 6.04 Å². The number of fused-ring (bicyclic) bond motifs is 5. The van der Waals surface area contributed by atoms with Crippen molar-refractivity contribution < 1.29 is 50.4 Å². The third-order valence-electron chi connectivity index (χ3n) is 6.76. The van der Waals surface area contributed by atoms with E-state index in [4.69, 9.17) is 0 Å². The monoisotopic (exact) mass is 498 g/mol. The summed E-state index contributed by atoms with van der Waals surface area (Å²) < 4.78 is 0.488. The Bertz CT molecular complexity index is 945. The maximum Gasteiger partial charge on any atom is -1.00 e. The fourth-order valence-corrected chi connectivity index (χ4v) is 19.2. The van der Waals surface area contributed by atoms with Gasteiger partial charge in [-0.3, -0.25) is 0 Å². The number of hydrogen-bond acceptors (Lipinski definition) is 2. The van der Waals surface area contributed by atoms with E-state index in [0.29, 0.717) is 10.8 Å². The van der Waals surface area contributed by atoms with Crippen LogP contribution in [0.4, 0.5) is 5.69 Å². The molecule has 0 radical (unpaired) electrons. The first-order valence-electron chi connectivity index (χ1n) is 9.94. The molecule has 2 aliphatic rings. The molecule has 1 heterocycles. The SMILES string of the molecule is CC(C)(C)Nc1cc2c(c3c1[Si]3(C)[Si](C)(C)CCO)[CH]([Ti+2])c1ccccc1-2.[Cl-].[Cl-]. The minimum absolute atomic E-state index is 0. The zero-order valence-electron chi connectivity index (χ0n) is 18.1. The second-order valence-electron chi connectivity index (χ2n) is 10.0. The molecule has 0 aromatic heterocycles. The summed E-state index contributed by atoms with van der Waals surface area (Å²) >= 11 is 2.38. The van der Waals surface area contributed by atoms with Crippen LogP contribution in [0.5, 0.6) is 0 Å². The van der Waals surface area contributed by atoms with Gasteiger partial charge in [0.15, 0.2) is 0 Å². The van der Waals surface area contributed by atoms with Crippen molar-refractivity contribution in [3.05, 3.63) is 41.5 Å². The van der Waals surface area contributed by atoms with Gasteiger partial charge in [-0.2, -0.15) is 0 Å². The van der Waals surface area contributed by atoms with Gasteiger partial charge in [-0.15, -0.1) is 0 Å². The van der Waals surface area contributed by atoms with E-state index in [9.17, 15) is 5.11 Å². The topological polar surface area (TPSA) is 32.3 Å². The summed E-state index contributed by atoms with van der Waals surface area (Å²) in [6, 6.07) is 12.4. The molecule has 2 N–H and O–H groups in total. The van der Waals surface area contributed by atoms with E-state index in [1.807, 2.05) is 0 Å². The molecule has 0 fully saturated rings. The fraction of sp³-hybridized carbons (Fsp3) is 0.455. The van der Waals surface area contributed by atoms with Crippen molar-refractivity contribution in [3.8, 4) is 11.1 Å². The Morgan fingerprint density at radius 3 is 2.31 bits per heavy atom. The van der Waals surface area contributed by atoms with Gasteiger partial charge in [-0.05, 0) is 0 Å². The van der Waals surface area contributed by atoms with E-state index in [2.05, 4.69) is 96.5 Å². The number of hydrogen-bond donors (Lipinski definition) is 2. The number of rotatable bonds is 4. The van der Waals surface area contributed by atoms with Crippen molar-refractivity contribution in [2.24, 2.45) is 0 Å². The number of aliphatic hydroxyl groups is 1. The van der Waals surface area contributed by atoms with E-state index in [-0.39, 0.29) is 30.4 Å². The molecule has 4 rings (SSSR count). The van der Waals surface area contributed by atoms with Crippen LogP contribution in [-0.4, -0.2) is 32.4 Å². The summed E-state index contributed by atoms with van der Waals surface area (Å²) in [7, 11) is -3.19. The van der Waals surface area contributed by atoms with Gasteiger partial charge in [-0.25, -0.2) is 0 Å². The normalized spacial score (nSPS) is 21.3. The molecule has 7 heteroatoms. The Balaban J connectivity index is 0.00000150. The molecule has 1 aliphatic carbocycles. The largest absolute Gasteiger partial charge is 1.00 e. The van der Waals surface area contributed by atoms with Crippen molar-refractivity contribution in [3.63, 3.8) is 0 Å². The Morgan fingerprint density at radius 2 is 1.72 bits per heavy atom. The summed E-state index contributed by atoms with van der Waals surface area (Å²) in [4.78, 5) is 0. The maximum absolute atomic E-state index is 9.76. The van der Waals surface area contributed by atoms with Gasteiger partial charge in [0.1, 0.15) is 0 Å². The Kier molecular flexibility index (Phi) is 7.06. The van der Waals surface area contributed by atoms with Crippen LogP contribution >= 0.6 is 0 Å². The van der Waals surface area contributed by atoms with E-state index >= 15 is 0 Å². The molecular weight excluding hydrogens is 469 g/mol. The van der Waals surface area contributed by atoms with Gasteiger partial charge in [0.05, 0.1) is 0 Å². The molecule has 2 nitrogen and oxygen atoms in total. The van der Waals surface area contributed by atoms with E-state index in [1.165, 1.54) is 22.4 Å². The molecular formula is C22H30Cl2NOSi2Ti. The summed E-state index contributed by atoms with van der Waals surface area (Å²) in [5.74, 6) is 0. The third-order valence-corrected chi connectivity index (χ3v) is 25.0. The van der Waals surface area contributed by atoms with Gasteiger partial charge in [0, 0.05) is 0 Å². The quantitative estimate of drug-likeness (QED) is 0.469. The molecule has 1 aliphatic heterocycles. The van der Waals surface area contributed by atoms with Crippen molar-refractivity contribution in [2.75, 3.05) is 11.9 Å². The first kappa shape index (κ1) is 25.2. The molecule has 29 heavy (non-hydrogen) atoms. The molecule has 0 bridgehead atoms. The van der Waals surface area contributed by atoms with Crippen molar-refractivity contribution in [1.29, 1.82) is 0 Å². The summed E-state index contributed by atoms with van der Waals surface area (Å²) in [6.45, 7) is 14.7. The van der Waals surface area contributed by atoms with Crippen LogP contribution in [0.2, 0.25) is 25.7 Å². The first-order chi connectivity index (χ1) is 12.5. The zero-order valence-corrected chi connectivity index (χ0v) is 23.2.